The molecule has 0 bridgehead atoms. The van der Waals surface area contributed by atoms with E-state index in [1.807, 2.05) is 0 Å². The first-order valence-corrected chi connectivity index (χ1v) is 11.6. The minimum absolute atomic E-state index is 0.893. The van der Waals surface area contributed by atoms with Crippen molar-refractivity contribution in [2.24, 2.45) is 5.92 Å². The van der Waals surface area contributed by atoms with E-state index in [4.69, 9.17) is 0 Å². The number of allylic oxidation sites excluding steroid dienone is 2. The van der Waals surface area contributed by atoms with Gasteiger partial charge < -0.3 is 0 Å². The average molecular weight is 339 g/mol. The van der Waals surface area contributed by atoms with Gasteiger partial charge in [0.25, 0.3) is 0 Å². The van der Waals surface area contributed by atoms with Gasteiger partial charge in [-0.3, -0.25) is 0 Å². The van der Waals surface area contributed by atoms with Gasteiger partial charge in [-0.2, -0.15) is 0 Å². The summed E-state index contributed by atoms with van der Waals surface area (Å²) in [5.41, 5.74) is 1.72. The summed E-state index contributed by atoms with van der Waals surface area (Å²) >= 11 is 2.19. The molecule has 1 aliphatic rings. The molecule has 1 aliphatic heterocycles. The monoisotopic (exact) mass is 338 g/mol. The predicted molar refractivity (Wildman–Crippen MR) is 109 cm³/mol. The molecule has 0 nitrogen and oxygen atoms in total. The summed E-state index contributed by atoms with van der Waals surface area (Å²) in [4.78, 5) is 1.80. The first kappa shape index (κ1) is 21.1. The van der Waals surface area contributed by atoms with Gasteiger partial charge in [-0.25, -0.2) is 0 Å². The standard InChI is InChI=1S/C22H42S/c1-4-6-8-9-10-11-12-13-14-18-21(17-7-5-2)22-20(3)16-15-19-23-22/h21H,4-19H2,1-3H3. The lowest BCUT2D eigenvalue weighted by molar-refractivity contribution is 0.468. The third-order valence-corrected chi connectivity index (χ3v) is 6.79. The fraction of sp³-hybridized carbons (Fsp3) is 0.909. The van der Waals surface area contributed by atoms with Crippen LogP contribution in [-0.4, -0.2) is 5.75 Å². The average Bonchev–Trinajstić information content (AvgIpc) is 2.57. The molecule has 0 spiro atoms. The Balaban J connectivity index is 2.19. The summed E-state index contributed by atoms with van der Waals surface area (Å²) in [6.45, 7) is 7.04. The summed E-state index contributed by atoms with van der Waals surface area (Å²) in [7, 11) is 0. The Morgan fingerprint density at radius 1 is 0.783 bits per heavy atom. The van der Waals surface area contributed by atoms with Crippen molar-refractivity contribution in [3.63, 3.8) is 0 Å². The Labute approximate surface area is 151 Å². The second kappa shape index (κ2) is 14.4. The third kappa shape index (κ3) is 9.85. The fourth-order valence-corrected chi connectivity index (χ4v) is 5.12. The highest BCUT2D eigenvalue weighted by molar-refractivity contribution is 8.03. The fourth-order valence-electron chi connectivity index (χ4n) is 3.79. The van der Waals surface area contributed by atoms with Gasteiger partial charge in [0.1, 0.15) is 0 Å². The van der Waals surface area contributed by atoms with E-state index in [-0.39, 0.29) is 0 Å². The number of hydrogen-bond donors (Lipinski definition) is 0. The van der Waals surface area contributed by atoms with E-state index in [1.165, 1.54) is 102 Å². The number of hydrogen-bond acceptors (Lipinski definition) is 1. The molecule has 0 aromatic heterocycles. The summed E-state index contributed by atoms with van der Waals surface area (Å²) in [5, 5.41) is 0. The van der Waals surface area contributed by atoms with E-state index < -0.39 is 0 Å². The minimum atomic E-state index is 0.893. The molecule has 0 fully saturated rings. The van der Waals surface area contributed by atoms with Crippen molar-refractivity contribution in [1.29, 1.82) is 0 Å². The molecule has 136 valence electrons. The van der Waals surface area contributed by atoms with Crippen molar-refractivity contribution in [2.75, 3.05) is 5.75 Å². The molecule has 0 amide bonds. The molecule has 1 heteroatoms. The highest BCUT2D eigenvalue weighted by atomic mass is 32.2. The molecule has 0 saturated heterocycles. The quantitative estimate of drug-likeness (QED) is 0.286. The van der Waals surface area contributed by atoms with Crippen LogP contribution in [0.15, 0.2) is 10.5 Å². The molecule has 0 saturated carbocycles. The summed E-state index contributed by atoms with van der Waals surface area (Å²) in [6, 6.07) is 0. The van der Waals surface area contributed by atoms with Crippen LogP contribution in [0.2, 0.25) is 0 Å². The first-order valence-electron chi connectivity index (χ1n) is 10.6. The lowest BCUT2D eigenvalue weighted by Crippen LogP contribution is -2.08. The molecule has 0 N–H and O–H groups in total. The zero-order valence-electron chi connectivity index (χ0n) is 16.3. The van der Waals surface area contributed by atoms with Crippen LogP contribution >= 0.6 is 11.8 Å². The summed E-state index contributed by atoms with van der Waals surface area (Å²) in [5.74, 6) is 2.26. The van der Waals surface area contributed by atoms with Gasteiger partial charge >= 0.3 is 0 Å². The lowest BCUT2D eigenvalue weighted by atomic mass is 9.91. The van der Waals surface area contributed by atoms with E-state index >= 15 is 0 Å². The van der Waals surface area contributed by atoms with Crippen LogP contribution in [0.25, 0.3) is 0 Å². The Morgan fingerprint density at radius 2 is 1.35 bits per heavy atom. The van der Waals surface area contributed by atoms with Gasteiger partial charge in [0.05, 0.1) is 0 Å². The molecule has 0 radical (unpaired) electrons. The highest BCUT2D eigenvalue weighted by Crippen LogP contribution is 2.39. The van der Waals surface area contributed by atoms with Crippen LogP contribution < -0.4 is 0 Å². The normalized spacial score (nSPS) is 16.8. The first-order chi connectivity index (χ1) is 11.3. The van der Waals surface area contributed by atoms with Gasteiger partial charge in [0.15, 0.2) is 0 Å². The van der Waals surface area contributed by atoms with E-state index in [1.54, 1.807) is 10.5 Å². The predicted octanol–water partition coefficient (Wildman–Crippen LogP) is 8.51. The molecule has 0 aliphatic carbocycles. The topological polar surface area (TPSA) is 0 Å². The highest BCUT2D eigenvalue weighted by Gasteiger charge is 2.19. The van der Waals surface area contributed by atoms with Crippen LogP contribution in [0, 0.1) is 5.92 Å². The van der Waals surface area contributed by atoms with E-state index in [0.29, 0.717) is 0 Å². The lowest BCUT2D eigenvalue weighted by Gasteiger charge is -2.26. The van der Waals surface area contributed by atoms with Crippen LogP contribution in [-0.2, 0) is 0 Å². The van der Waals surface area contributed by atoms with Gasteiger partial charge in [-0.15, -0.1) is 11.8 Å². The van der Waals surface area contributed by atoms with Gasteiger partial charge in [0.2, 0.25) is 0 Å². The molecule has 1 heterocycles. The van der Waals surface area contributed by atoms with Crippen LogP contribution in [0.1, 0.15) is 117 Å². The molecule has 0 aromatic rings. The molecule has 1 rings (SSSR count). The molecular weight excluding hydrogens is 296 g/mol. The molecule has 23 heavy (non-hydrogen) atoms. The molecule has 0 aromatic carbocycles. The van der Waals surface area contributed by atoms with Crippen molar-refractivity contribution >= 4 is 11.8 Å². The molecular formula is C22H42S. The molecule has 1 unspecified atom stereocenters. The second-order valence-electron chi connectivity index (χ2n) is 7.55. The maximum Gasteiger partial charge on any atom is -0.00201 e. The number of thioether (sulfide) groups is 1. The van der Waals surface area contributed by atoms with Crippen molar-refractivity contribution in [3.05, 3.63) is 10.5 Å². The Kier molecular flexibility index (Phi) is 13.3. The van der Waals surface area contributed by atoms with Crippen LogP contribution in [0.4, 0.5) is 0 Å². The van der Waals surface area contributed by atoms with Crippen LogP contribution in [0.3, 0.4) is 0 Å². The maximum atomic E-state index is 2.40. The maximum absolute atomic E-state index is 2.40. The Hall–Kier alpha value is 0.0900. The van der Waals surface area contributed by atoms with E-state index in [0.717, 1.165) is 5.92 Å². The largest absolute Gasteiger partial charge is 0.130 e. The van der Waals surface area contributed by atoms with Crippen molar-refractivity contribution < 1.29 is 0 Å². The second-order valence-corrected chi connectivity index (χ2v) is 8.69. The number of unbranched alkanes of at least 4 members (excludes halogenated alkanes) is 9. The minimum Gasteiger partial charge on any atom is -0.130 e. The van der Waals surface area contributed by atoms with Gasteiger partial charge in [-0.05, 0) is 49.2 Å². The Morgan fingerprint density at radius 3 is 1.96 bits per heavy atom. The number of rotatable bonds is 14. The Bertz CT molecular complexity index is 305. The summed E-state index contributed by atoms with van der Waals surface area (Å²) in [6.07, 6.45) is 21.5. The third-order valence-electron chi connectivity index (χ3n) is 5.31. The smallest absolute Gasteiger partial charge is 0.00201 e. The van der Waals surface area contributed by atoms with E-state index in [2.05, 4.69) is 32.5 Å². The van der Waals surface area contributed by atoms with Crippen LogP contribution in [0.5, 0.6) is 0 Å². The van der Waals surface area contributed by atoms with Crippen molar-refractivity contribution in [1.82, 2.24) is 0 Å². The van der Waals surface area contributed by atoms with E-state index in [9.17, 15) is 0 Å². The molecule has 1 atom stereocenters. The van der Waals surface area contributed by atoms with Gasteiger partial charge in [-0.1, -0.05) is 90.0 Å². The zero-order valence-corrected chi connectivity index (χ0v) is 17.1. The summed E-state index contributed by atoms with van der Waals surface area (Å²) < 4.78 is 0. The van der Waals surface area contributed by atoms with Gasteiger partial charge in [0, 0.05) is 0 Å². The zero-order chi connectivity index (χ0) is 16.8. The van der Waals surface area contributed by atoms with Crippen molar-refractivity contribution in [2.45, 2.75) is 117 Å². The SMILES string of the molecule is CCCCCCCCCCCC(CCCC)C1=C(C)CCCS1. The van der Waals surface area contributed by atoms with Crippen molar-refractivity contribution in [3.8, 4) is 0 Å².